The Labute approximate surface area is 102 Å². The number of rotatable bonds is 6. The van der Waals surface area contributed by atoms with Gasteiger partial charge in [-0.3, -0.25) is 0 Å². The first-order valence-electron chi connectivity index (χ1n) is 6.63. The highest BCUT2D eigenvalue weighted by molar-refractivity contribution is 6.48. The van der Waals surface area contributed by atoms with Crippen LogP contribution in [0.3, 0.4) is 0 Å². The molecular formula is C13H28O2Si. The molecule has 1 fully saturated rings. The fourth-order valence-electron chi connectivity index (χ4n) is 2.40. The molecule has 0 aromatic carbocycles. The summed E-state index contributed by atoms with van der Waals surface area (Å²) in [7, 11) is -0.977. The van der Waals surface area contributed by atoms with Gasteiger partial charge in [-0.1, -0.05) is 34.1 Å². The van der Waals surface area contributed by atoms with Gasteiger partial charge in [0, 0.05) is 0 Å². The van der Waals surface area contributed by atoms with Crippen LogP contribution in [-0.4, -0.2) is 27.9 Å². The molecule has 1 aliphatic heterocycles. The molecule has 0 radical (unpaired) electrons. The minimum atomic E-state index is -0.977. The van der Waals surface area contributed by atoms with Crippen molar-refractivity contribution in [1.82, 2.24) is 0 Å². The zero-order chi connectivity index (χ0) is 12.3. The Hall–Kier alpha value is 0.137. The molecule has 0 aliphatic carbocycles. The molecule has 3 atom stereocenters. The molecule has 2 nitrogen and oxygen atoms in total. The van der Waals surface area contributed by atoms with Gasteiger partial charge in [0.1, 0.15) is 6.10 Å². The van der Waals surface area contributed by atoms with E-state index in [1.54, 1.807) is 0 Å². The first-order chi connectivity index (χ1) is 7.36. The monoisotopic (exact) mass is 244 g/mol. The molecule has 1 saturated heterocycles. The predicted octanol–water partition coefficient (Wildman–Crippen LogP) is 3.22. The number of hydrogen-bond donors (Lipinski definition) is 0. The molecule has 16 heavy (non-hydrogen) atoms. The van der Waals surface area contributed by atoms with E-state index < -0.39 is 9.04 Å². The number of epoxide rings is 1. The van der Waals surface area contributed by atoms with E-state index in [2.05, 4.69) is 40.8 Å². The van der Waals surface area contributed by atoms with Crippen LogP contribution in [0.5, 0.6) is 0 Å². The Morgan fingerprint density at radius 2 is 1.94 bits per heavy atom. The highest BCUT2D eigenvalue weighted by Crippen LogP contribution is 2.38. The van der Waals surface area contributed by atoms with Gasteiger partial charge in [0.15, 0.2) is 9.04 Å². The van der Waals surface area contributed by atoms with E-state index in [1.807, 2.05) is 0 Å². The maximum atomic E-state index is 6.23. The predicted molar refractivity (Wildman–Crippen MR) is 71.3 cm³/mol. The first-order valence-corrected chi connectivity index (χ1v) is 9.41. The van der Waals surface area contributed by atoms with Gasteiger partial charge in [0.25, 0.3) is 0 Å². The summed E-state index contributed by atoms with van der Waals surface area (Å²) in [6, 6.07) is 0. The summed E-state index contributed by atoms with van der Waals surface area (Å²) in [5.41, 5.74) is 0.315. The molecule has 1 rings (SSSR count). The van der Waals surface area contributed by atoms with Crippen molar-refractivity contribution in [2.24, 2.45) is 11.3 Å². The topological polar surface area (TPSA) is 21.8 Å². The lowest BCUT2D eigenvalue weighted by atomic mass is 9.74. The van der Waals surface area contributed by atoms with Crippen molar-refractivity contribution >= 4 is 9.04 Å². The quantitative estimate of drug-likeness (QED) is 0.528. The fraction of sp³-hybridized carbons (Fsp3) is 1.00. The maximum absolute atomic E-state index is 6.23. The van der Waals surface area contributed by atoms with Crippen LogP contribution in [0.4, 0.5) is 0 Å². The molecule has 0 amide bonds. The lowest BCUT2D eigenvalue weighted by Gasteiger charge is -2.37. The summed E-state index contributed by atoms with van der Waals surface area (Å²) in [6.07, 6.45) is 3.20. The minimum absolute atomic E-state index is 0.315. The third-order valence-corrected chi connectivity index (χ3v) is 4.12. The number of hydrogen-bond acceptors (Lipinski definition) is 2. The maximum Gasteiger partial charge on any atom is 0.171 e. The lowest BCUT2D eigenvalue weighted by molar-refractivity contribution is 0.0343. The van der Waals surface area contributed by atoms with Crippen LogP contribution in [0, 0.1) is 11.3 Å². The Bertz CT molecular complexity index is 206. The van der Waals surface area contributed by atoms with E-state index in [4.69, 9.17) is 9.16 Å². The van der Waals surface area contributed by atoms with E-state index in [0.717, 1.165) is 6.61 Å². The Balaban J connectivity index is 2.70. The van der Waals surface area contributed by atoms with E-state index >= 15 is 0 Å². The van der Waals surface area contributed by atoms with Crippen LogP contribution >= 0.6 is 0 Å². The molecule has 0 aromatic heterocycles. The SMILES string of the molecule is CCCC(C(O[SiH](C)C)C1CO1)C(C)(C)C. The van der Waals surface area contributed by atoms with Gasteiger partial charge in [0.2, 0.25) is 0 Å². The van der Waals surface area contributed by atoms with Crippen molar-refractivity contribution in [2.75, 3.05) is 6.61 Å². The molecule has 0 saturated carbocycles. The van der Waals surface area contributed by atoms with Crippen molar-refractivity contribution in [2.45, 2.75) is 65.8 Å². The summed E-state index contributed by atoms with van der Waals surface area (Å²) in [6.45, 7) is 14.6. The molecule has 0 aromatic rings. The smallest absolute Gasteiger partial charge is 0.171 e. The Kier molecular flexibility index (Phi) is 5.01. The molecule has 96 valence electrons. The highest BCUT2D eigenvalue weighted by Gasteiger charge is 2.43. The molecule has 1 heterocycles. The lowest BCUT2D eigenvalue weighted by Crippen LogP contribution is -2.40. The van der Waals surface area contributed by atoms with Crippen LogP contribution in [0.1, 0.15) is 40.5 Å². The summed E-state index contributed by atoms with van der Waals surface area (Å²) in [5.74, 6) is 0.625. The van der Waals surface area contributed by atoms with Crippen LogP contribution in [0.25, 0.3) is 0 Å². The molecule has 0 bridgehead atoms. The summed E-state index contributed by atoms with van der Waals surface area (Å²) < 4.78 is 11.7. The van der Waals surface area contributed by atoms with E-state index in [0.29, 0.717) is 23.5 Å². The van der Waals surface area contributed by atoms with Crippen LogP contribution in [0.15, 0.2) is 0 Å². The normalized spacial score (nSPS) is 24.6. The van der Waals surface area contributed by atoms with Crippen LogP contribution in [0.2, 0.25) is 13.1 Å². The van der Waals surface area contributed by atoms with Crippen molar-refractivity contribution < 1.29 is 9.16 Å². The van der Waals surface area contributed by atoms with Gasteiger partial charge in [-0.15, -0.1) is 0 Å². The van der Waals surface area contributed by atoms with E-state index in [1.165, 1.54) is 12.8 Å². The second-order valence-electron chi connectivity index (χ2n) is 6.28. The van der Waals surface area contributed by atoms with Crippen molar-refractivity contribution in [3.05, 3.63) is 0 Å². The second kappa shape index (κ2) is 5.65. The fourth-order valence-corrected chi connectivity index (χ4v) is 3.40. The Morgan fingerprint density at radius 1 is 1.38 bits per heavy atom. The summed E-state index contributed by atoms with van der Waals surface area (Å²) in [4.78, 5) is 0. The van der Waals surface area contributed by atoms with Gasteiger partial charge in [-0.25, -0.2) is 0 Å². The third-order valence-electron chi connectivity index (χ3n) is 3.26. The van der Waals surface area contributed by atoms with Crippen molar-refractivity contribution in [3.8, 4) is 0 Å². The third kappa shape index (κ3) is 4.19. The van der Waals surface area contributed by atoms with E-state index in [-0.39, 0.29) is 0 Å². The standard InChI is InChI=1S/C13H28O2Si/c1-7-8-10(13(2,3)4)12(11-9-14-11)15-16(5)6/h10-12,16H,7-9H2,1-6H3. The zero-order valence-electron chi connectivity index (χ0n) is 11.7. The van der Waals surface area contributed by atoms with Gasteiger partial charge < -0.3 is 9.16 Å². The zero-order valence-corrected chi connectivity index (χ0v) is 12.9. The van der Waals surface area contributed by atoms with Crippen molar-refractivity contribution in [1.29, 1.82) is 0 Å². The van der Waals surface area contributed by atoms with Gasteiger partial charge in [-0.2, -0.15) is 0 Å². The van der Waals surface area contributed by atoms with Gasteiger partial charge in [0.05, 0.1) is 12.7 Å². The largest absolute Gasteiger partial charge is 0.415 e. The minimum Gasteiger partial charge on any atom is -0.415 e. The molecule has 3 unspecified atom stereocenters. The van der Waals surface area contributed by atoms with E-state index in [9.17, 15) is 0 Å². The average molecular weight is 244 g/mol. The number of ether oxygens (including phenoxy) is 1. The molecule has 0 spiro atoms. The molecule has 3 heteroatoms. The second-order valence-corrected chi connectivity index (χ2v) is 8.65. The Morgan fingerprint density at radius 3 is 2.25 bits per heavy atom. The van der Waals surface area contributed by atoms with Crippen LogP contribution in [-0.2, 0) is 9.16 Å². The molecule has 0 N–H and O–H groups in total. The molecular weight excluding hydrogens is 216 g/mol. The molecule has 1 aliphatic rings. The first kappa shape index (κ1) is 14.2. The average Bonchev–Trinajstić information content (AvgIpc) is 2.91. The van der Waals surface area contributed by atoms with Crippen LogP contribution < -0.4 is 0 Å². The van der Waals surface area contributed by atoms with Gasteiger partial charge >= 0.3 is 0 Å². The van der Waals surface area contributed by atoms with Gasteiger partial charge in [-0.05, 0) is 30.8 Å². The summed E-state index contributed by atoms with van der Waals surface area (Å²) in [5, 5.41) is 0. The van der Waals surface area contributed by atoms with Crippen molar-refractivity contribution in [3.63, 3.8) is 0 Å². The highest BCUT2D eigenvalue weighted by atomic mass is 28.3. The summed E-state index contributed by atoms with van der Waals surface area (Å²) >= 11 is 0.